The Hall–Kier alpha value is -2.09. The van der Waals surface area contributed by atoms with E-state index in [0.717, 1.165) is 38.1 Å². The summed E-state index contributed by atoms with van der Waals surface area (Å²) in [5.74, 6) is -0.992. The Bertz CT molecular complexity index is 676. The fourth-order valence-electron chi connectivity index (χ4n) is 3.54. The molecule has 2 fully saturated rings. The first-order valence-corrected chi connectivity index (χ1v) is 8.55. The highest BCUT2D eigenvalue weighted by atomic mass is 19.4. The van der Waals surface area contributed by atoms with E-state index in [4.69, 9.17) is 0 Å². The predicted molar refractivity (Wildman–Crippen MR) is 87.8 cm³/mol. The van der Waals surface area contributed by atoms with Crippen molar-refractivity contribution in [3.8, 4) is 5.75 Å². The Labute approximate surface area is 148 Å². The van der Waals surface area contributed by atoms with Gasteiger partial charge in [-0.2, -0.15) is 0 Å². The third kappa shape index (κ3) is 4.75. The zero-order chi connectivity index (χ0) is 18.7. The number of carbonyl (C=O) groups excluding carboxylic acids is 1. The number of amides is 1. The first-order chi connectivity index (χ1) is 12.3. The van der Waals surface area contributed by atoms with Crippen LogP contribution in [0.1, 0.15) is 18.4 Å². The summed E-state index contributed by atoms with van der Waals surface area (Å²) in [5.41, 5.74) is 0.293. The fourth-order valence-corrected chi connectivity index (χ4v) is 3.54. The summed E-state index contributed by atoms with van der Waals surface area (Å²) in [4.78, 5) is 14.1. The van der Waals surface area contributed by atoms with Crippen molar-refractivity contribution in [2.75, 3.05) is 26.2 Å². The van der Waals surface area contributed by atoms with Crippen molar-refractivity contribution in [1.82, 2.24) is 10.2 Å². The maximum absolute atomic E-state index is 13.7. The Kier molecular flexibility index (Phi) is 5.50. The molecule has 2 atom stereocenters. The van der Waals surface area contributed by atoms with Crippen molar-refractivity contribution < 1.29 is 27.1 Å². The highest BCUT2D eigenvalue weighted by Crippen LogP contribution is 2.28. The third-order valence-electron chi connectivity index (χ3n) is 4.93. The maximum Gasteiger partial charge on any atom is 0.573 e. The molecule has 8 heteroatoms. The van der Waals surface area contributed by atoms with E-state index >= 15 is 0 Å². The Balaban J connectivity index is 1.60. The van der Waals surface area contributed by atoms with Crippen LogP contribution in [0.15, 0.2) is 24.3 Å². The van der Waals surface area contributed by atoms with Gasteiger partial charge >= 0.3 is 6.36 Å². The second kappa shape index (κ2) is 7.65. The normalized spacial score (nSPS) is 23.8. The monoisotopic (exact) mass is 372 g/mol. The number of ether oxygens (including phenoxy) is 1. The van der Waals surface area contributed by atoms with Gasteiger partial charge in [-0.25, -0.2) is 4.39 Å². The summed E-state index contributed by atoms with van der Waals surface area (Å²) < 4.78 is 53.7. The molecule has 0 radical (unpaired) electrons. The van der Waals surface area contributed by atoms with Crippen LogP contribution in [0.4, 0.5) is 17.6 Å². The topological polar surface area (TPSA) is 41.6 Å². The van der Waals surface area contributed by atoms with Crippen LogP contribution in [0.25, 0.3) is 6.08 Å². The molecule has 0 saturated carbocycles. The zero-order valence-corrected chi connectivity index (χ0v) is 14.1. The second-order valence-corrected chi connectivity index (χ2v) is 6.65. The number of nitrogens with one attached hydrogen (secondary N) is 1. The van der Waals surface area contributed by atoms with Gasteiger partial charge in [-0.05, 0) is 61.5 Å². The van der Waals surface area contributed by atoms with E-state index < -0.39 is 17.9 Å². The maximum atomic E-state index is 13.7. The first kappa shape index (κ1) is 18.7. The molecular formula is C18H20F4N2O2. The van der Waals surface area contributed by atoms with Gasteiger partial charge in [-0.15, -0.1) is 13.2 Å². The molecule has 1 aromatic carbocycles. The lowest BCUT2D eigenvalue weighted by Gasteiger charge is -2.19. The average molecular weight is 372 g/mol. The third-order valence-corrected chi connectivity index (χ3v) is 4.93. The standard InChI is InChI=1S/C18H20F4N2O2/c19-15-9-12(1-3-16(15)26-18(20,21)22)2-4-17(25)24-7-5-13-10-23-11-14(13)6-8-24/h1-4,9,13-14,23H,5-8,10-11H2/t13-,14+. The largest absolute Gasteiger partial charge is 0.573 e. The van der Waals surface area contributed by atoms with Crippen molar-refractivity contribution >= 4 is 12.0 Å². The molecule has 26 heavy (non-hydrogen) atoms. The summed E-state index contributed by atoms with van der Waals surface area (Å²) >= 11 is 0. The van der Waals surface area contributed by atoms with Crippen LogP contribution in [-0.2, 0) is 4.79 Å². The molecule has 0 aliphatic carbocycles. The van der Waals surface area contributed by atoms with Gasteiger partial charge in [0.05, 0.1) is 0 Å². The van der Waals surface area contributed by atoms with Gasteiger partial charge in [0, 0.05) is 19.2 Å². The number of benzene rings is 1. The molecule has 2 aliphatic rings. The molecule has 1 aromatic rings. The van der Waals surface area contributed by atoms with Crippen LogP contribution in [0.3, 0.4) is 0 Å². The van der Waals surface area contributed by atoms with E-state index in [1.807, 2.05) is 0 Å². The predicted octanol–water partition coefficient (Wildman–Crippen LogP) is 3.20. The van der Waals surface area contributed by atoms with E-state index in [9.17, 15) is 22.4 Å². The number of rotatable bonds is 3. The van der Waals surface area contributed by atoms with Crippen molar-refractivity contribution in [1.29, 1.82) is 0 Å². The molecule has 2 heterocycles. The van der Waals surface area contributed by atoms with Gasteiger partial charge in [0.1, 0.15) is 0 Å². The van der Waals surface area contributed by atoms with Crippen LogP contribution in [0.2, 0.25) is 0 Å². The molecule has 0 aromatic heterocycles. The van der Waals surface area contributed by atoms with Gasteiger partial charge in [-0.1, -0.05) is 6.07 Å². The minimum absolute atomic E-state index is 0.172. The number of alkyl halides is 3. The molecule has 0 spiro atoms. The fraction of sp³-hybridized carbons (Fsp3) is 0.500. The van der Waals surface area contributed by atoms with Gasteiger partial charge < -0.3 is 15.0 Å². The molecule has 2 saturated heterocycles. The van der Waals surface area contributed by atoms with Crippen LogP contribution in [0, 0.1) is 17.7 Å². The van der Waals surface area contributed by atoms with E-state index in [1.54, 1.807) is 4.90 Å². The Morgan fingerprint density at radius 1 is 1.19 bits per heavy atom. The molecule has 0 unspecified atom stereocenters. The van der Waals surface area contributed by atoms with Crippen LogP contribution in [-0.4, -0.2) is 43.3 Å². The minimum Gasteiger partial charge on any atom is -0.403 e. The summed E-state index contributed by atoms with van der Waals surface area (Å²) in [5, 5.41) is 3.37. The van der Waals surface area contributed by atoms with Crippen LogP contribution >= 0.6 is 0 Å². The average Bonchev–Trinajstić information content (AvgIpc) is 2.92. The first-order valence-electron chi connectivity index (χ1n) is 8.55. The quantitative estimate of drug-likeness (QED) is 0.655. The van der Waals surface area contributed by atoms with Crippen LogP contribution in [0.5, 0.6) is 5.75 Å². The zero-order valence-electron chi connectivity index (χ0n) is 14.1. The van der Waals surface area contributed by atoms with Gasteiger partial charge in [0.2, 0.25) is 5.91 Å². The number of fused-ring (bicyclic) bond motifs is 1. The van der Waals surface area contributed by atoms with E-state index in [0.29, 0.717) is 30.5 Å². The Morgan fingerprint density at radius 2 is 1.85 bits per heavy atom. The number of hydrogen-bond donors (Lipinski definition) is 1. The molecule has 4 nitrogen and oxygen atoms in total. The number of hydrogen-bond acceptors (Lipinski definition) is 3. The van der Waals surface area contributed by atoms with Crippen molar-refractivity contribution in [3.63, 3.8) is 0 Å². The smallest absolute Gasteiger partial charge is 0.403 e. The Morgan fingerprint density at radius 3 is 2.42 bits per heavy atom. The summed E-state index contributed by atoms with van der Waals surface area (Å²) in [6.45, 7) is 3.35. The molecule has 1 amide bonds. The van der Waals surface area contributed by atoms with Gasteiger partial charge in [-0.3, -0.25) is 4.79 Å². The molecule has 1 N–H and O–H groups in total. The highest BCUT2D eigenvalue weighted by molar-refractivity contribution is 5.91. The highest BCUT2D eigenvalue weighted by Gasteiger charge is 2.32. The second-order valence-electron chi connectivity index (χ2n) is 6.65. The molecule has 142 valence electrons. The van der Waals surface area contributed by atoms with E-state index in [2.05, 4.69) is 10.1 Å². The van der Waals surface area contributed by atoms with E-state index in [-0.39, 0.29) is 5.91 Å². The SMILES string of the molecule is O=C(C=Cc1ccc(OC(F)(F)F)c(F)c1)N1CC[C@@H]2CNC[C@@H]2CC1. The molecule has 0 bridgehead atoms. The van der Waals surface area contributed by atoms with Crippen molar-refractivity contribution in [3.05, 3.63) is 35.7 Å². The van der Waals surface area contributed by atoms with Gasteiger partial charge in [0.15, 0.2) is 11.6 Å². The number of nitrogens with zero attached hydrogens (tertiary/aromatic N) is 1. The summed E-state index contributed by atoms with van der Waals surface area (Å²) in [6.07, 6.45) is -0.312. The van der Waals surface area contributed by atoms with Crippen molar-refractivity contribution in [2.45, 2.75) is 19.2 Å². The van der Waals surface area contributed by atoms with Gasteiger partial charge in [0.25, 0.3) is 0 Å². The molecular weight excluding hydrogens is 352 g/mol. The lowest BCUT2D eigenvalue weighted by Crippen LogP contribution is -2.31. The van der Waals surface area contributed by atoms with Crippen LogP contribution < -0.4 is 10.1 Å². The number of likely N-dealkylation sites (tertiary alicyclic amines) is 1. The molecule has 2 aliphatic heterocycles. The number of halogens is 4. The summed E-state index contributed by atoms with van der Waals surface area (Å²) in [6, 6.07) is 3.07. The summed E-state index contributed by atoms with van der Waals surface area (Å²) in [7, 11) is 0. The lowest BCUT2D eigenvalue weighted by molar-refractivity contribution is -0.275. The van der Waals surface area contributed by atoms with Crippen molar-refractivity contribution in [2.24, 2.45) is 11.8 Å². The molecule has 3 rings (SSSR count). The minimum atomic E-state index is -4.95. The lowest BCUT2D eigenvalue weighted by atomic mass is 9.92. The van der Waals surface area contributed by atoms with E-state index in [1.165, 1.54) is 18.2 Å². The number of carbonyl (C=O) groups is 1.